The first-order chi connectivity index (χ1) is 12.5. The number of nitrogens with one attached hydrogen (secondary N) is 2. The van der Waals surface area contributed by atoms with E-state index in [-0.39, 0.29) is 17.0 Å². The molecule has 0 heterocycles. The number of anilines is 2. The summed E-state index contributed by atoms with van der Waals surface area (Å²) in [6.07, 6.45) is -5.48. The van der Waals surface area contributed by atoms with Crippen LogP contribution < -0.4 is 10.0 Å². The average molecular weight is 403 g/mol. The van der Waals surface area contributed by atoms with Gasteiger partial charge in [-0.3, -0.25) is 10.1 Å². The van der Waals surface area contributed by atoms with Crippen molar-refractivity contribution in [2.24, 2.45) is 0 Å². The summed E-state index contributed by atoms with van der Waals surface area (Å²) in [5.74, 6) is 0. The molecule has 0 aliphatic heterocycles. The summed E-state index contributed by atoms with van der Waals surface area (Å²) in [6, 6.07) is 9.36. The first-order valence-corrected chi connectivity index (χ1v) is 9.15. The van der Waals surface area contributed by atoms with Crippen LogP contribution in [0.4, 0.5) is 30.2 Å². The fourth-order valence-electron chi connectivity index (χ4n) is 2.30. The molecule has 27 heavy (non-hydrogen) atoms. The highest BCUT2D eigenvalue weighted by atomic mass is 32.2. The second kappa shape index (κ2) is 7.92. The largest absolute Gasteiger partial charge is 0.389 e. The molecule has 0 aromatic heterocycles. The first-order valence-electron chi connectivity index (χ1n) is 7.66. The molecule has 146 valence electrons. The predicted octanol–water partition coefficient (Wildman–Crippen LogP) is 3.74. The number of benzene rings is 2. The van der Waals surface area contributed by atoms with E-state index < -0.39 is 33.2 Å². The monoisotopic (exact) mass is 403 g/mol. The number of alkyl halides is 3. The topological polar surface area (TPSA) is 101 Å². The molecule has 2 N–H and O–H groups in total. The van der Waals surface area contributed by atoms with E-state index in [2.05, 4.69) is 10.0 Å². The SMILES string of the molecule is CNS(=O)(=O)c1ccc(Nc2cccc(CCC(F)(F)F)c2)c([N+](=O)[O-])c1. The first kappa shape index (κ1) is 20.6. The molecule has 11 heteroatoms. The van der Waals surface area contributed by atoms with Gasteiger partial charge in [-0.1, -0.05) is 12.1 Å². The lowest BCUT2D eigenvalue weighted by Gasteiger charge is -2.11. The summed E-state index contributed by atoms with van der Waals surface area (Å²) in [5, 5.41) is 14.0. The number of sulfonamides is 1. The summed E-state index contributed by atoms with van der Waals surface area (Å²) in [6.45, 7) is 0. The predicted molar refractivity (Wildman–Crippen MR) is 93.4 cm³/mol. The average Bonchev–Trinajstić information content (AvgIpc) is 2.59. The number of nitro benzene ring substituents is 1. The zero-order valence-electron chi connectivity index (χ0n) is 14.1. The van der Waals surface area contributed by atoms with Crippen LogP contribution in [0.15, 0.2) is 47.4 Å². The van der Waals surface area contributed by atoms with Gasteiger partial charge in [0.05, 0.1) is 9.82 Å². The molecule has 2 aromatic rings. The molecule has 0 atom stereocenters. The van der Waals surface area contributed by atoms with Gasteiger partial charge in [0, 0.05) is 18.2 Å². The van der Waals surface area contributed by atoms with Crippen molar-refractivity contribution < 1.29 is 26.5 Å². The van der Waals surface area contributed by atoms with E-state index in [0.717, 1.165) is 6.07 Å². The number of aryl methyl sites for hydroxylation is 1. The van der Waals surface area contributed by atoms with Gasteiger partial charge in [0.2, 0.25) is 10.0 Å². The van der Waals surface area contributed by atoms with E-state index >= 15 is 0 Å². The van der Waals surface area contributed by atoms with Crippen LogP contribution in [0.5, 0.6) is 0 Å². The van der Waals surface area contributed by atoms with Crippen molar-refractivity contribution in [2.75, 3.05) is 12.4 Å². The molecule has 0 saturated carbocycles. The molecule has 0 amide bonds. The van der Waals surface area contributed by atoms with Gasteiger partial charge >= 0.3 is 6.18 Å². The molecule has 2 rings (SSSR count). The smallest absolute Gasteiger partial charge is 0.350 e. The summed E-state index contributed by atoms with van der Waals surface area (Å²) >= 11 is 0. The molecule has 7 nitrogen and oxygen atoms in total. The minimum atomic E-state index is -4.28. The lowest BCUT2D eigenvalue weighted by molar-refractivity contribution is -0.384. The quantitative estimate of drug-likeness (QED) is 0.542. The lowest BCUT2D eigenvalue weighted by Crippen LogP contribution is -2.18. The second-order valence-corrected chi connectivity index (χ2v) is 7.47. The minimum absolute atomic E-state index is 0.0167. The molecule has 2 aromatic carbocycles. The zero-order chi connectivity index (χ0) is 20.2. The van der Waals surface area contributed by atoms with Gasteiger partial charge < -0.3 is 5.32 Å². The van der Waals surface area contributed by atoms with E-state index in [1.54, 1.807) is 6.07 Å². The summed E-state index contributed by atoms with van der Waals surface area (Å²) in [7, 11) is -2.68. The van der Waals surface area contributed by atoms with Gasteiger partial charge in [-0.25, -0.2) is 13.1 Å². The van der Waals surface area contributed by atoms with Crippen molar-refractivity contribution in [1.82, 2.24) is 4.72 Å². The van der Waals surface area contributed by atoms with Crippen molar-refractivity contribution in [3.63, 3.8) is 0 Å². The van der Waals surface area contributed by atoms with Gasteiger partial charge in [0.15, 0.2) is 0 Å². The summed E-state index contributed by atoms with van der Waals surface area (Å²) in [4.78, 5) is 10.3. The van der Waals surface area contributed by atoms with Crippen LogP contribution in [0.1, 0.15) is 12.0 Å². The third-order valence-electron chi connectivity index (χ3n) is 3.65. The van der Waals surface area contributed by atoms with E-state index in [9.17, 15) is 31.7 Å². The van der Waals surface area contributed by atoms with Gasteiger partial charge in [0.1, 0.15) is 5.69 Å². The third-order valence-corrected chi connectivity index (χ3v) is 5.06. The molecular formula is C16H16F3N3O4S. The lowest BCUT2D eigenvalue weighted by atomic mass is 10.1. The number of halogens is 3. The van der Waals surface area contributed by atoms with Crippen LogP contribution >= 0.6 is 0 Å². The van der Waals surface area contributed by atoms with Crippen molar-refractivity contribution in [3.8, 4) is 0 Å². The van der Waals surface area contributed by atoms with E-state index in [0.29, 0.717) is 11.3 Å². The number of rotatable bonds is 7. The van der Waals surface area contributed by atoms with Crippen LogP contribution in [0.3, 0.4) is 0 Å². The van der Waals surface area contributed by atoms with Crippen LogP contribution in [0.2, 0.25) is 0 Å². The molecule has 0 unspecified atom stereocenters. The number of hydrogen-bond acceptors (Lipinski definition) is 5. The highest BCUT2D eigenvalue weighted by Gasteiger charge is 2.26. The molecule has 0 spiro atoms. The Morgan fingerprint density at radius 2 is 1.85 bits per heavy atom. The Morgan fingerprint density at radius 3 is 2.44 bits per heavy atom. The Kier molecular flexibility index (Phi) is 6.06. The summed E-state index contributed by atoms with van der Waals surface area (Å²) in [5.41, 5.74) is 0.298. The van der Waals surface area contributed by atoms with Gasteiger partial charge in [-0.15, -0.1) is 0 Å². The van der Waals surface area contributed by atoms with Crippen LogP contribution in [0.25, 0.3) is 0 Å². The number of hydrogen-bond donors (Lipinski definition) is 2. The van der Waals surface area contributed by atoms with Crippen LogP contribution in [-0.4, -0.2) is 26.6 Å². The molecule has 0 fully saturated rings. The van der Waals surface area contributed by atoms with Crippen molar-refractivity contribution in [2.45, 2.75) is 23.9 Å². The normalized spacial score (nSPS) is 12.0. The highest BCUT2D eigenvalue weighted by Crippen LogP contribution is 2.31. The maximum atomic E-state index is 12.3. The molecule has 0 radical (unpaired) electrons. The Hall–Kier alpha value is -2.66. The highest BCUT2D eigenvalue weighted by molar-refractivity contribution is 7.89. The van der Waals surface area contributed by atoms with Crippen molar-refractivity contribution >= 4 is 27.1 Å². The van der Waals surface area contributed by atoms with Gasteiger partial charge in [-0.05, 0) is 43.3 Å². The molecule has 0 bridgehead atoms. The van der Waals surface area contributed by atoms with Crippen molar-refractivity contribution in [1.29, 1.82) is 0 Å². The Bertz CT molecular complexity index is 946. The standard InChI is InChI=1S/C16H16F3N3O4S/c1-20-27(25,26)13-5-6-14(15(10-13)22(23)24)21-12-4-2-3-11(9-12)7-8-16(17,18)19/h2-6,9-10,20-21H,7-8H2,1H3. The van der Waals surface area contributed by atoms with Crippen LogP contribution in [-0.2, 0) is 16.4 Å². The molecule has 0 aliphatic rings. The third kappa shape index (κ3) is 5.66. The fraction of sp³-hybridized carbons (Fsp3) is 0.250. The van der Waals surface area contributed by atoms with E-state index in [1.165, 1.54) is 37.4 Å². The fourth-order valence-corrected chi connectivity index (χ4v) is 3.05. The molecule has 0 aliphatic carbocycles. The number of nitrogens with zero attached hydrogens (tertiary/aromatic N) is 1. The van der Waals surface area contributed by atoms with Crippen LogP contribution in [0, 0.1) is 10.1 Å². The maximum absolute atomic E-state index is 12.3. The zero-order valence-corrected chi connectivity index (χ0v) is 14.9. The van der Waals surface area contributed by atoms with Gasteiger partial charge in [-0.2, -0.15) is 13.2 Å². The van der Waals surface area contributed by atoms with E-state index in [4.69, 9.17) is 0 Å². The second-order valence-electron chi connectivity index (χ2n) is 5.58. The summed E-state index contributed by atoms with van der Waals surface area (Å²) < 4.78 is 62.7. The Labute approximate surface area is 153 Å². The maximum Gasteiger partial charge on any atom is 0.389 e. The van der Waals surface area contributed by atoms with Gasteiger partial charge in [0.25, 0.3) is 5.69 Å². The molecule has 0 saturated heterocycles. The van der Waals surface area contributed by atoms with E-state index in [1.807, 2.05) is 0 Å². The minimum Gasteiger partial charge on any atom is -0.350 e. The Balaban J connectivity index is 2.30. The molecular weight excluding hydrogens is 387 g/mol. The Morgan fingerprint density at radius 1 is 1.15 bits per heavy atom. The van der Waals surface area contributed by atoms with Crippen molar-refractivity contribution in [3.05, 3.63) is 58.1 Å². The number of nitro groups is 1.